The van der Waals surface area contributed by atoms with Crippen LogP contribution in [-0.2, 0) is 0 Å². The van der Waals surface area contributed by atoms with Crippen molar-refractivity contribution in [1.29, 1.82) is 21.0 Å². The number of hydrogen-bond acceptors (Lipinski definition) is 8. The second kappa shape index (κ2) is 14.9. The minimum absolute atomic E-state index is 0.387. The van der Waals surface area contributed by atoms with Gasteiger partial charge in [0, 0.05) is 45.5 Å². The molecule has 9 aromatic carbocycles. The molecule has 0 saturated heterocycles. The lowest BCUT2D eigenvalue weighted by atomic mass is 9.30. The zero-order valence-electron chi connectivity index (χ0n) is 36.2. The van der Waals surface area contributed by atoms with Gasteiger partial charge in [-0.1, -0.05) is 115 Å². The lowest BCUT2D eigenvalue weighted by Crippen LogP contribution is -2.65. The van der Waals surface area contributed by atoms with E-state index < -0.39 is 13.4 Å². The number of hydrogen-bond donors (Lipinski definition) is 0. The highest BCUT2D eigenvalue weighted by Gasteiger charge is 2.50. The summed E-state index contributed by atoms with van der Waals surface area (Å²) in [5, 5.41) is 44.6. The molecule has 0 aliphatic carbocycles. The lowest BCUT2D eigenvalue weighted by molar-refractivity contribution is 1.22. The molecule has 0 N–H and O–H groups in total. The SMILES string of the molecule is N#Cc1cc(C#N)c2c3c1N(c1ccccc1)c1ccccc1B3c1cc3c(cc1N2c1ccccc1)N(c1ccccc1)c1c(C#N)cc(C#N)c2c1B3c1ccccc1N2c1ccccc1. The number of nitrogens with zero attached hydrogens (tertiary/aromatic N) is 8. The third kappa shape index (κ3) is 5.29. The van der Waals surface area contributed by atoms with Crippen LogP contribution < -0.4 is 52.4 Å². The average Bonchev–Trinajstić information content (AvgIpc) is 3.41. The van der Waals surface area contributed by atoms with Crippen molar-refractivity contribution in [3.05, 3.63) is 216 Å². The monoisotopic (exact) mass is 862 g/mol. The molecule has 8 nitrogen and oxygen atoms in total. The van der Waals surface area contributed by atoms with Gasteiger partial charge in [0.1, 0.15) is 24.3 Å². The van der Waals surface area contributed by atoms with Crippen molar-refractivity contribution in [3.8, 4) is 24.3 Å². The van der Waals surface area contributed by atoms with Gasteiger partial charge in [0.25, 0.3) is 13.4 Å². The first-order valence-corrected chi connectivity index (χ1v) is 22.4. The Balaban J connectivity index is 1.20. The fraction of sp³-hybridized carbons (Fsp3) is 0. The highest BCUT2D eigenvalue weighted by atomic mass is 15.2. The zero-order valence-corrected chi connectivity index (χ0v) is 36.2. The van der Waals surface area contributed by atoms with E-state index in [4.69, 9.17) is 0 Å². The molecule has 0 radical (unpaired) electrons. The lowest BCUT2D eigenvalue weighted by Gasteiger charge is -2.47. The Labute approximate surface area is 394 Å². The summed E-state index contributed by atoms with van der Waals surface area (Å²) >= 11 is 0. The summed E-state index contributed by atoms with van der Waals surface area (Å²) < 4.78 is 0. The Hall–Kier alpha value is -9.73. The second-order valence-corrected chi connectivity index (χ2v) is 17.2. The van der Waals surface area contributed by atoms with Gasteiger partial charge in [0.05, 0.1) is 45.0 Å². The summed E-state index contributed by atoms with van der Waals surface area (Å²) in [6.07, 6.45) is 0. The van der Waals surface area contributed by atoms with Crippen molar-refractivity contribution in [1.82, 2.24) is 0 Å². The number of nitriles is 4. The number of para-hydroxylation sites is 6. The third-order valence-electron chi connectivity index (χ3n) is 13.9. The standard InChI is InChI=1S/C58H32B2N8/c61-33-37-29-39(35-63)57-53-55(37)65(41-17-5-1-6-18-41)49-27-15-13-25-45(49)59(53)47-31-48-52(32-51(47)67(57)43-21-9-3-10-22-43)68(44-23-11-4-12-24-44)58-40(36-64)30-38(34-62)56-54(58)60(48)46-26-14-16-28-50(46)66(56)42-19-7-2-8-20-42/h1-32H. The first-order valence-electron chi connectivity index (χ1n) is 22.4. The summed E-state index contributed by atoms with van der Waals surface area (Å²) in [6, 6.07) is 75.4. The van der Waals surface area contributed by atoms with E-state index in [-0.39, 0.29) is 0 Å². The summed E-state index contributed by atoms with van der Waals surface area (Å²) in [6.45, 7) is -0.828. The van der Waals surface area contributed by atoms with Crippen LogP contribution in [0.1, 0.15) is 22.3 Å². The van der Waals surface area contributed by atoms with Gasteiger partial charge in [-0.2, -0.15) is 21.0 Å². The number of benzene rings is 9. The Morgan fingerprint density at radius 2 is 0.559 bits per heavy atom. The Morgan fingerprint density at radius 3 is 0.868 bits per heavy atom. The predicted molar refractivity (Wildman–Crippen MR) is 273 cm³/mol. The van der Waals surface area contributed by atoms with Gasteiger partial charge in [0.2, 0.25) is 0 Å². The van der Waals surface area contributed by atoms with E-state index in [1.807, 2.05) is 84.9 Å². The van der Waals surface area contributed by atoms with Crippen molar-refractivity contribution in [3.63, 3.8) is 0 Å². The van der Waals surface area contributed by atoms with Crippen molar-refractivity contribution in [2.45, 2.75) is 0 Å². The molecule has 0 bridgehead atoms. The van der Waals surface area contributed by atoms with Crippen LogP contribution in [0.25, 0.3) is 0 Å². The van der Waals surface area contributed by atoms with Crippen molar-refractivity contribution in [2.75, 3.05) is 19.6 Å². The topological polar surface area (TPSA) is 108 Å². The molecule has 4 aliphatic heterocycles. The van der Waals surface area contributed by atoms with Gasteiger partial charge in [-0.05, 0) is 112 Å². The van der Waals surface area contributed by atoms with Gasteiger partial charge in [-0.15, -0.1) is 0 Å². The maximum absolute atomic E-state index is 11.2. The summed E-state index contributed by atoms with van der Waals surface area (Å²) in [4.78, 5) is 8.75. The van der Waals surface area contributed by atoms with Crippen LogP contribution in [0.3, 0.4) is 0 Å². The van der Waals surface area contributed by atoms with Gasteiger partial charge < -0.3 is 19.6 Å². The van der Waals surface area contributed by atoms with Crippen LogP contribution in [0.2, 0.25) is 0 Å². The maximum Gasteiger partial charge on any atom is 0.252 e. The first kappa shape index (κ1) is 38.7. The largest absolute Gasteiger partial charge is 0.310 e. The second-order valence-electron chi connectivity index (χ2n) is 17.2. The van der Waals surface area contributed by atoms with E-state index in [2.05, 4.69) is 141 Å². The number of rotatable bonds is 4. The fourth-order valence-corrected chi connectivity index (χ4v) is 11.4. The van der Waals surface area contributed by atoms with E-state index in [1.54, 1.807) is 12.1 Å². The van der Waals surface area contributed by atoms with E-state index in [9.17, 15) is 21.0 Å². The van der Waals surface area contributed by atoms with Crippen LogP contribution >= 0.6 is 0 Å². The Bertz CT molecular complexity index is 3530. The van der Waals surface area contributed by atoms with E-state index in [1.165, 1.54) is 0 Å². The smallest absolute Gasteiger partial charge is 0.252 e. The van der Waals surface area contributed by atoms with Gasteiger partial charge in [-0.3, -0.25) is 0 Å². The van der Waals surface area contributed by atoms with Gasteiger partial charge >= 0.3 is 0 Å². The molecule has 310 valence electrons. The Morgan fingerprint density at radius 1 is 0.279 bits per heavy atom. The molecule has 0 atom stereocenters. The molecule has 9 aromatic rings. The molecule has 4 heterocycles. The van der Waals surface area contributed by atoms with Gasteiger partial charge in [-0.25, -0.2) is 0 Å². The molecule has 0 aromatic heterocycles. The molecule has 0 saturated carbocycles. The average molecular weight is 863 g/mol. The normalized spacial score (nSPS) is 13.1. The third-order valence-corrected chi connectivity index (χ3v) is 13.9. The summed E-state index contributed by atoms with van der Waals surface area (Å²) in [5.41, 5.74) is 17.4. The maximum atomic E-state index is 11.2. The summed E-state index contributed by atoms with van der Waals surface area (Å²) in [7, 11) is 0. The highest BCUT2D eigenvalue weighted by Crippen LogP contribution is 2.50. The van der Waals surface area contributed by atoms with Crippen LogP contribution in [0.4, 0.5) is 68.2 Å². The molecule has 68 heavy (non-hydrogen) atoms. The quantitative estimate of drug-likeness (QED) is 0.161. The minimum atomic E-state index is -0.414. The van der Waals surface area contributed by atoms with Crippen LogP contribution in [0.15, 0.2) is 194 Å². The molecule has 0 unspecified atom stereocenters. The molecule has 13 rings (SSSR count). The van der Waals surface area contributed by atoms with Crippen LogP contribution in [-0.4, -0.2) is 13.4 Å². The molecule has 4 aliphatic rings. The van der Waals surface area contributed by atoms with E-state index in [0.717, 1.165) is 89.7 Å². The van der Waals surface area contributed by atoms with Crippen molar-refractivity contribution >= 4 is 114 Å². The van der Waals surface area contributed by atoms with E-state index in [0.29, 0.717) is 33.6 Å². The summed E-state index contributed by atoms with van der Waals surface area (Å²) in [5.74, 6) is 0. The Kier molecular flexibility index (Phi) is 8.49. The van der Waals surface area contributed by atoms with Crippen molar-refractivity contribution < 1.29 is 0 Å². The highest BCUT2D eigenvalue weighted by molar-refractivity contribution is 7.03. The van der Waals surface area contributed by atoms with Crippen LogP contribution in [0.5, 0.6) is 0 Å². The molecular weight excluding hydrogens is 830 g/mol. The zero-order chi connectivity index (χ0) is 45.6. The number of anilines is 12. The predicted octanol–water partition coefficient (Wildman–Crippen LogP) is 9.34. The van der Waals surface area contributed by atoms with Crippen LogP contribution in [0, 0.1) is 45.3 Å². The minimum Gasteiger partial charge on any atom is -0.310 e. The van der Waals surface area contributed by atoms with E-state index >= 15 is 0 Å². The number of fused-ring (bicyclic) bond motifs is 8. The molecule has 0 fully saturated rings. The van der Waals surface area contributed by atoms with Gasteiger partial charge in [0.15, 0.2) is 0 Å². The molecule has 10 heteroatoms. The molecular formula is C58H32B2N8. The van der Waals surface area contributed by atoms with Crippen molar-refractivity contribution in [2.24, 2.45) is 0 Å². The first-order chi connectivity index (χ1) is 33.6. The molecule has 0 spiro atoms. The fourth-order valence-electron chi connectivity index (χ4n) is 11.4. The molecule has 0 amide bonds.